The molecule has 1 saturated carbocycles. The number of amides is 2. The van der Waals surface area contributed by atoms with E-state index in [9.17, 15) is 10.0 Å². The molecule has 1 heterocycles. The zero-order chi connectivity index (χ0) is 17.0. The largest absolute Gasteiger partial charge is 0.343 e. The van der Waals surface area contributed by atoms with Gasteiger partial charge in [-0.3, -0.25) is 5.21 Å². The highest BCUT2D eigenvalue weighted by atomic mass is 32.2. The maximum absolute atomic E-state index is 12.5. The van der Waals surface area contributed by atoms with E-state index in [1.807, 2.05) is 18.7 Å². The molecule has 0 aromatic rings. The average Bonchev–Trinajstić information content (AvgIpc) is 2.73. The van der Waals surface area contributed by atoms with Crippen LogP contribution in [0.4, 0.5) is 4.79 Å². The van der Waals surface area contributed by atoms with Crippen molar-refractivity contribution in [3.8, 4) is 0 Å². The van der Waals surface area contributed by atoms with E-state index in [-0.39, 0.29) is 10.8 Å². The predicted molar refractivity (Wildman–Crippen MR) is 98.7 cm³/mol. The van der Waals surface area contributed by atoms with Gasteiger partial charge in [0.15, 0.2) is 0 Å². The molecule has 2 amide bonds. The molecule has 0 aromatic heterocycles. The third-order valence-corrected chi connectivity index (χ3v) is 6.26. The van der Waals surface area contributed by atoms with Gasteiger partial charge in [-0.15, -0.1) is 0 Å². The van der Waals surface area contributed by atoms with Crippen LogP contribution in [0.1, 0.15) is 65.7 Å². The number of nitrogens with one attached hydrogen (secondary N) is 1. The van der Waals surface area contributed by atoms with E-state index in [1.54, 1.807) is 11.8 Å². The van der Waals surface area contributed by atoms with E-state index >= 15 is 0 Å². The van der Waals surface area contributed by atoms with Crippen LogP contribution in [-0.4, -0.2) is 49.0 Å². The van der Waals surface area contributed by atoms with Gasteiger partial charge < -0.3 is 10.2 Å². The fourth-order valence-corrected chi connectivity index (χ4v) is 5.31. The number of carbonyl (C=O) groups excluding carboxylic acids is 1. The van der Waals surface area contributed by atoms with Gasteiger partial charge in [0.2, 0.25) is 0 Å². The quantitative estimate of drug-likeness (QED) is 0.442. The van der Waals surface area contributed by atoms with Gasteiger partial charge in [-0.1, -0.05) is 56.6 Å². The monoisotopic (exact) mass is 359 g/mol. The van der Waals surface area contributed by atoms with Crippen LogP contribution in [-0.2, 0) is 0 Å². The molecule has 2 aliphatic rings. The number of rotatable bonds is 5. The molecule has 1 saturated heterocycles. The SMILES string of the molecule is CCCCN1C(=S)SC(C)(C)[C@H]1N(O)C(=O)NC1CCCCC1. The summed E-state index contributed by atoms with van der Waals surface area (Å²) in [7, 11) is 0. The van der Waals surface area contributed by atoms with Crippen molar-refractivity contribution < 1.29 is 10.0 Å². The van der Waals surface area contributed by atoms with E-state index in [0.717, 1.165) is 54.5 Å². The Hall–Kier alpha value is -0.530. The zero-order valence-electron chi connectivity index (χ0n) is 14.4. The summed E-state index contributed by atoms with van der Waals surface area (Å²) in [5.41, 5.74) is 0. The normalized spacial score (nSPS) is 24.8. The number of hydrogen-bond donors (Lipinski definition) is 2. The molecular formula is C16H29N3O2S2. The van der Waals surface area contributed by atoms with Crippen LogP contribution in [0.2, 0.25) is 0 Å². The summed E-state index contributed by atoms with van der Waals surface area (Å²) in [6.45, 7) is 6.94. The lowest BCUT2D eigenvalue weighted by Gasteiger charge is -2.37. The molecule has 0 aromatic carbocycles. The van der Waals surface area contributed by atoms with Crippen LogP contribution in [0.25, 0.3) is 0 Å². The van der Waals surface area contributed by atoms with Crippen LogP contribution >= 0.6 is 24.0 Å². The summed E-state index contributed by atoms with van der Waals surface area (Å²) >= 11 is 7.02. The van der Waals surface area contributed by atoms with Crippen LogP contribution in [0.5, 0.6) is 0 Å². The third kappa shape index (κ3) is 4.51. The van der Waals surface area contributed by atoms with Crippen molar-refractivity contribution in [2.45, 2.75) is 82.7 Å². The molecule has 23 heavy (non-hydrogen) atoms. The average molecular weight is 360 g/mol. The highest BCUT2D eigenvalue weighted by Crippen LogP contribution is 2.42. The van der Waals surface area contributed by atoms with Gasteiger partial charge in [0.25, 0.3) is 0 Å². The number of urea groups is 1. The fraction of sp³-hybridized carbons (Fsp3) is 0.875. The first kappa shape index (κ1) is 18.8. The molecule has 1 aliphatic carbocycles. The zero-order valence-corrected chi connectivity index (χ0v) is 16.0. The minimum absolute atomic E-state index is 0.180. The second-order valence-electron chi connectivity index (χ2n) is 7.02. The number of hydroxylamine groups is 2. The first-order valence-electron chi connectivity index (χ1n) is 8.65. The molecule has 132 valence electrons. The van der Waals surface area contributed by atoms with Gasteiger partial charge in [-0.05, 0) is 33.1 Å². The molecule has 2 rings (SSSR count). The number of hydrogen-bond acceptors (Lipinski definition) is 4. The van der Waals surface area contributed by atoms with Crippen LogP contribution in [0.3, 0.4) is 0 Å². The highest BCUT2D eigenvalue weighted by Gasteiger charge is 2.49. The molecule has 2 N–H and O–H groups in total. The predicted octanol–water partition coefficient (Wildman–Crippen LogP) is 3.96. The first-order valence-corrected chi connectivity index (χ1v) is 9.87. The number of thioether (sulfide) groups is 1. The molecule has 0 unspecified atom stereocenters. The highest BCUT2D eigenvalue weighted by molar-refractivity contribution is 8.24. The molecule has 5 nitrogen and oxygen atoms in total. The molecule has 1 aliphatic heterocycles. The van der Waals surface area contributed by atoms with Crippen molar-refractivity contribution in [1.29, 1.82) is 0 Å². The molecule has 7 heteroatoms. The first-order chi connectivity index (χ1) is 10.9. The molecule has 2 fully saturated rings. The Bertz CT molecular complexity index is 439. The lowest BCUT2D eigenvalue weighted by atomic mass is 9.96. The van der Waals surface area contributed by atoms with Crippen molar-refractivity contribution in [3.63, 3.8) is 0 Å². The van der Waals surface area contributed by atoms with Gasteiger partial charge in [0.1, 0.15) is 10.5 Å². The molecule has 0 spiro atoms. The Kier molecular flexibility index (Phi) is 6.57. The smallest absolute Gasteiger partial charge is 0.334 e. The molecule has 1 atom stereocenters. The summed E-state index contributed by atoms with van der Waals surface area (Å²) in [5, 5.41) is 14.4. The Balaban J connectivity index is 2.05. The standard InChI is InChI=1S/C16H29N3O2S2/c1-4-5-11-18-13(16(2,3)23-15(18)22)19(21)14(20)17-12-9-7-6-8-10-12/h12-13,21H,4-11H2,1-3H3,(H,17,20)/t13-/m1/s1. The van der Waals surface area contributed by atoms with Gasteiger partial charge >= 0.3 is 6.03 Å². The van der Waals surface area contributed by atoms with Crippen LogP contribution < -0.4 is 5.32 Å². The van der Waals surface area contributed by atoms with Crippen molar-refractivity contribution in [2.75, 3.05) is 6.54 Å². The maximum Gasteiger partial charge on any atom is 0.343 e. The Labute approximate surface area is 149 Å². The number of nitrogens with zero attached hydrogens (tertiary/aromatic N) is 2. The lowest BCUT2D eigenvalue weighted by Crippen LogP contribution is -2.58. The van der Waals surface area contributed by atoms with Crippen LogP contribution in [0.15, 0.2) is 0 Å². The Morgan fingerprint density at radius 1 is 1.43 bits per heavy atom. The Morgan fingerprint density at radius 2 is 2.09 bits per heavy atom. The second kappa shape index (κ2) is 8.03. The minimum Gasteiger partial charge on any atom is -0.334 e. The van der Waals surface area contributed by atoms with Crippen molar-refractivity contribution >= 4 is 34.3 Å². The summed E-state index contributed by atoms with van der Waals surface area (Å²) in [5.74, 6) is 0. The number of carbonyl (C=O) groups is 1. The molecule has 0 bridgehead atoms. The van der Waals surface area contributed by atoms with Gasteiger partial charge in [-0.2, -0.15) is 5.06 Å². The second-order valence-corrected chi connectivity index (χ2v) is 9.31. The topological polar surface area (TPSA) is 55.8 Å². The van der Waals surface area contributed by atoms with Gasteiger partial charge in [-0.25, -0.2) is 4.79 Å². The minimum atomic E-state index is -0.421. The van der Waals surface area contributed by atoms with Crippen molar-refractivity contribution in [3.05, 3.63) is 0 Å². The number of unbranched alkanes of at least 4 members (excludes halogenated alkanes) is 1. The van der Waals surface area contributed by atoms with E-state index in [1.165, 1.54) is 6.42 Å². The maximum atomic E-state index is 12.5. The summed E-state index contributed by atoms with van der Waals surface area (Å²) in [4.78, 5) is 14.5. The molecule has 0 radical (unpaired) electrons. The Morgan fingerprint density at radius 3 is 2.70 bits per heavy atom. The van der Waals surface area contributed by atoms with Crippen molar-refractivity contribution in [1.82, 2.24) is 15.3 Å². The third-order valence-electron chi connectivity index (χ3n) is 4.63. The number of thiocarbonyl (C=S) groups is 1. The summed E-state index contributed by atoms with van der Waals surface area (Å²) in [6, 6.07) is -0.221. The molecular weight excluding hydrogens is 330 g/mol. The van der Waals surface area contributed by atoms with E-state index in [4.69, 9.17) is 12.2 Å². The van der Waals surface area contributed by atoms with E-state index in [2.05, 4.69) is 12.2 Å². The van der Waals surface area contributed by atoms with Gasteiger partial charge in [0.05, 0.1) is 4.75 Å². The summed E-state index contributed by atoms with van der Waals surface area (Å²) in [6.07, 6.45) is 7.15. The van der Waals surface area contributed by atoms with Gasteiger partial charge in [0, 0.05) is 12.6 Å². The van der Waals surface area contributed by atoms with E-state index < -0.39 is 12.2 Å². The van der Waals surface area contributed by atoms with Crippen molar-refractivity contribution in [2.24, 2.45) is 0 Å². The van der Waals surface area contributed by atoms with E-state index in [0.29, 0.717) is 0 Å². The van der Waals surface area contributed by atoms with Crippen LogP contribution in [0, 0.1) is 0 Å². The summed E-state index contributed by atoms with van der Waals surface area (Å²) < 4.78 is 0.432. The lowest BCUT2D eigenvalue weighted by molar-refractivity contribution is -0.119. The fourth-order valence-electron chi connectivity index (χ4n) is 3.38.